The van der Waals surface area contributed by atoms with Gasteiger partial charge in [0.1, 0.15) is 31.2 Å². The van der Waals surface area contributed by atoms with Gasteiger partial charge in [-0.3, -0.25) is 4.57 Å². The Morgan fingerprint density at radius 3 is 2.76 bits per heavy atom. The summed E-state index contributed by atoms with van der Waals surface area (Å²) in [6.07, 6.45) is 5.72. The number of aromatic nitrogens is 4. The van der Waals surface area contributed by atoms with Crippen LogP contribution in [0.3, 0.4) is 0 Å². The predicted molar refractivity (Wildman–Crippen MR) is 123 cm³/mol. The smallest absolute Gasteiger partial charge is 0.256 e. The van der Waals surface area contributed by atoms with Crippen molar-refractivity contribution in [1.29, 1.82) is 0 Å². The maximum Gasteiger partial charge on any atom is 0.256 e. The van der Waals surface area contributed by atoms with Crippen LogP contribution in [0.15, 0.2) is 12.7 Å². The molecular weight excluding hydrogens is 448 g/mol. The van der Waals surface area contributed by atoms with E-state index in [2.05, 4.69) is 25.6 Å². The van der Waals surface area contributed by atoms with E-state index in [1.807, 2.05) is 0 Å². The van der Waals surface area contributed by atoms with Gasteiger partial charge in [0, 0.05) is 12.6 Å². The van der Waals surface area contributed by atoms with Crippen molar-refractivity contribution in [1.82, 2.24) is 24.8 Å². The Labute approximate surface area is 196 Å². The van der Waals surface area contributed by atoms with Crippen molar-refractivity contribution < 1.29 is 24.4 Å². The fourth-order valence-corrected chi connectivity index (χ4v) is 4.93. The lowest BCUT2D eigenvalue weighted by atomic mass is 9.96. The van der Waals surface area contributed by atoms with Crippen LogP contribution in [-0.4, -0.2) is 85.1 Å². The zero-order chi connectivity index (χ0) is 22.8. The third-order valence-corrected chi connectivity index (χ3v) is 6.78. The first-order valence-corrected chi connectivity index (χ1v) is 12.0. The first kappa shape index (κ1) is 22.7. The van der Waals surface area contributed by atoms with E-state index in [0.29, 0.717) is 41.4 Å². The molecule has 2 aromatic rings. The molecule has 11 nitrogen and oxygen atoms in total. The normalized spacial score (nSPS) is 30.5. The maximum absolute atomic E-state index is 10.7. The van der Waals surface area contributed by atoms with Gasteiger partial charge in [0.15, 0.2) is 23.2 Å². The van der Waals surface area contributed by atoms with Crippen LogP contribution >= 0.6 is 12.2 Å². The number of hydrogen-bond acceptors (Lipinski definition) is 10. The molecule has 5 atom stereocenters. The van der Waals surface area contributed by atoms with Gasteiger partial charge in [-0.25, -0.2) is 15.0 Å². The summed E-state index contributed by atoms with van der Waals surface area (Å²) < 4.78 is 18.6. The molecule has 2 aliphatic heterocycles. The Bertz CT molecular complexity index is 964. The van der Waals surface area contributed by atoms with E-state index in [4.69, 9.17) is 26.4 Å². The fourth-order valence-electron chi connectivity index (χ4n) is 4.70. The van der Waals surface area contributed by atoms with Crippen LogP contribution in [0, 0.1) is 0 Å². The highest BCUT2D eigenvalue weighted by Gasteiger charge is 2.45. The van der Waals surface area contributed by atoms with Gasteiger partial charge in [-0.15, -0.1) is 0 Å². The third-order valence-electron chi connectivity index (χ3n) is 6.55. The van der Waals surface area contributed by atoms with Crippen LogP contribution in [0.25, 0.3) is 11.2 Å². The molecule has 0 unspecified atom stereocenters. The number of imidazole rings is 1. The minimum absolute atomic E-state index is 0.0311. The van der Waals surface area contributed by atoms with E-state index in [9.17, 15) is 10.2 Å². The molecule has 1 saturated carbocycles. The number of aliphatic hydroxyl groups is 2. The summed E-state index contributed by atoms with van der Waals surface area (Å²) in [5, 5.41) is 28.1. The Morgan fingerprint density at radius 2 is 1.97 bits per heavy atom. The lowest BCUT2D eigenvalue weighted by Crippen LogP contribution is -2.39. The van der Waals surface area contributed by atoms with Crippen molar-refractivity contribution in [2.75, 3.05) is 25.1 Å². The van der Waals surface area contributed by atoms with Crippen molar-refractivity contribution in [2.45, 2.75) is 75.1 Å². The molecule has 12 heteroatoms. The molecule has 1 aliphatic carbocycles. The number of fused-ring (bicyclic) bond motifs is 1. The van der Waals surface area contributed by atoms with Crippen LogP contribution in [0.4, 0.5) is 5.82 Å². The van der Waals surface area contributed by atoms with Gasteiger partial charge in [-0.05, 0) is 31.5 Å². The number of hydrogen-bond donors (Lipinski definition) is 4. The van der Waals surface area contributed by atoms with E-state index < -0.39 is 24.5 Å². The second-order valence-electron chi connectivity index (χ2n) is 8.88. The summed E-state index contributed by atoms with van der Waals surface area (Å²) in [6, 6.07) is 0.491. The Balaban J connectivity index is 1.23. The van der Waals surface area contributed by atoms with E-state index >= 15 is 0 Å². The van der Waals surface area contributed by atoms with Gasteiger partial charge >= 0.3 is 0 Å². The van der Waals surface area contributed by atoms with Crippen LogP contribution in [0.2, 0.25) is 0 Å². The average Bonchev–Trinajstić information content (AvgIpc) is 3.55. The quantitative estimate of drug-likeness (QED) is 0.440. The molecule has 4 heterocycles. The molecule has 5 rings (SSSR count). The highest BCUT2D eigenvalue weighted by Crippen LogP contribution is 2.32. The molecule has 0 spiro atoms. The van der Waals surface area contributed by atoms with Crippen molar-refractivity contribution in [3.05, 3.63) is 12.7 Å². The van der Waals surface area contributed by atoms with Crippen molar-refractivity contribution >= 4 is 34.4 Å². The van der Waals surface area contributed by atoms with E-state index in [1.54, 1.807) is 4.57 Å². The van der Waals surface area contributed by atoms with Gasteiger partial charge in [-0.2, -0.15) is 0 Å². The lowest BCUT2D eigenvalue weighted by molar-refractivity contribution is -0.0492. The average molecular weight is 479 g/mol. The summed E-state index contributed by atoms with van der Waals surface area (Å²) in [4.78, 5) is 13.1. The van der Waals surface area contributed by atoms with Gasteiger partial charge in [0.2, 0.25) is 0 Å². The van der Waals surface area contributed by atoms with Crippen molar-refractivity contribution in [2.24, 2.45) is 0 Å². The lowest BCUT2D eigenvalue weighted by Gasteiger charge is -2.24. The number of aliphatic hydroxyl groups excluding tert-OH is 2. The van der Waals surface area contributed by atoms with Crippen LogP contribution < -0.4 is 10.6 Å². The second kappa shape index (κ2) is 10.0. The first-order chi connectivity index (χ1) is 16.1. The molecule has 0 aromatic carbocycles. The Hall–Kier alpha value is -2.12. The number of thiocarbonyl (C=S) groups is 1. The van der Waals surface area contributed by atoms with Gasteiger partial charge in [0.25, 0.3) is 5.17 Å². The highest BCUT2D eigenvalue weighted by molar-refractivity contribution is 7.80. The topological polar surface area (TPSA) is 136 Å². The van der Waals surface area contributed by atoms with Crippen molar-refractivity contribution in [3.63, 3.8) is 0 Å². The molecule has 0 bridgehead atoms. The third kappa shape index (κ3) is 4.90. The number of nitrogens with one attached hydrogen (secondary N) is 2. The minimum atomic E-state index is -1.18. The number of nitrogens with zero attached hydrogens (tertiary/aromatic N) is 4. The summed E-state index contributed by atoms with van der Waals surface area (Å²) in [5.74, 6) is 0.598. The highest BCUT2D eigenvalue weighted by atomic mass is 32.1. The SMILES string of the molecule is O[C@@H]1[C@H](O)[C@@H](COC(=S)NC2CCCCC2)O[C@H]1n1cnc2c(N[C@@H]3CCOC3)ncnc21. The standard InChI is InChI=1S/C21H30N6O5S/c28-16-14(9-31-21(33)26-12-4-2-1-3-5-12)32-20(17(16)29)27-11-24-15-18(22-10-23-19(15)27)25-13-6-7-30-8-13/h10-14,16-17,20,28-29H,1-9H2,(H,26,33)(H,22,23,25)/t13-,14-,16-,17-,20-/m1/s1. The number of rotatable bonds is 6. The zero-order valence-corrected chi connectivity index (χ0v) is 19.1. The Morgan fingerprint density at radius 1 is 1.12 bits per heavy atom. The summed E-state index contributed by atoms with van der Waals surface area (Å²) >= 11 is 5.30. The zero-order valence-electron chi connectivity index (χ0n) is 18.3. The first-order valence-electron chi connectivity index (χ1n) is 11.6. The van der Waals surface area contributed by atoms with E-state index in [1.165, 1.54) is 31.9 Å². The molecule has 2 saturated heterocycles. The predicted octanol–water partition coefficient (Wildman–Crippen LogP) is 0.870. The molecule has 3 fully saturated rings. The van der Waals surface area contributed by atoms with Crippen molar-refractivity contribution in [3.8, 4) is 0 Å². The Kier molecular flexibility index (Phi) is 6.88. The maximum atomic E-state index is 10.7. The molecule has 4 N–H and O–H groups in total. The molecule has 180 valence electrons. The van der Waals surface area contributed by atoms with Gasteiger partial charge in [0.05, 0.1) is 19.0 Å². The van der Waals surface area contributed by atoms with Gasteiger partial charge < -0.3 is 35.1 Å². The monoisotopic (exact) mass is 478 g/mol. The van der Waals surface area contributed by atoms with E-state index in [-0.39, 0.29) is 12.6 Å². The molecule has 0 amide bonds. The molecule has 3 aliphatic rings. The fraction of sp³-hybridized carbons (Fsp3) is 0.714. The molecule has 0 radical (unpaired) electrons. The van der Waals surface area contributed by atoms with Crippen LogP contribution in [0.5, 0.6) is 0 Å². The summed E-state index contributed by atoms with van der Waals surface area (Å²) in [6.45, 7) is 1.36. The summed E-state index contributed by atoms with van der Waals surface area (Å²) in [7, 11) is 0. The van der Waals surface area contributed by atoms with Crippen LogP contribution in [-0.2, 0) is 14.2 Å². The number of anilines is 1. The van der Waals surface area contributed by atoms with E-state index in [0.717, 1.165) is 19.3 Å². The minimum Gasteiger partial charge on any atom is -0.468 e. The molecule has 33 heavy (non-hydrogen) atoms. The number of ether oxygens (including phenoxy) is 3. The second-order valence-corrected chi connectivity index (χ2v) is 9.25. The molecular formula is C21H30N6O5S. The van der Waals surface area contributed by atoms with Gasteiger partial charge in [-0.1, -0.05) is 19.3 Å². The largest absolute Gasteiger partial charge is 0.468 e. The van der Waals surface area contributed by atoms with Crippen LogP contribution in [0.1, 0.15) is 44.8 Å². The summed E-state index contributed by atoms with van der Waals surface area (Å²) in [5.41, 5.74) is 1.06. The molecule has 2 aromatic heterocycles.